The third-order valence-corrected chi connectivity index (χ3v) is 2.46. The molecule has 0 fully saturated rings. The highest BCUT2D eigenvalue weighted by Gasteiger charge is 2.20. The van der Waals surface area contributed by atoms with Gasteiger partial charge < -0.3 is 0 Å². The normalized spacial score (nSPS) is 14.7. The van der Waals surface area contributed by atoms with Crippen LogP contribution >= 0.6 is 0 Å². The first-order valence-electron chi connectivity index (χ1n) is 4.74. The van der Waals surface area contributed by atoms with Crippen molar-refractivity contribution < 1.29 is 0 Å². The highest BCUT2D eigenvalue weighted by molar-refractivity contribution is 5.78. The van der Waals surface area contributed by atoms with E-state index < -0.39 is 0 Å². The molecule has 0 aliphatic carbocycles. The molecule has 1 heteroatoms. The van der Waals surface area contributed by atoms with Gasteiger partial charge in [-0.25, -0.2) is 0 Å². The topological polar surface area (TPSA) is 12.4 Å². The van der Waals surface area contributed by atoms with Crippen LogP contribution < -0.4 is 0 Å². The Balaban J connectivity index is 2.59. The molecule has 0 spiro atoms. The van der Waals surface area contributed by atoms with Gasteiger partial charge in [0.15, 0.2) is 0 Å². The standard InChI is InChI=1S/C12H15N/c1-12(2,3)10-6-4-5-9-7-8-13-11(9)10/h4-6,8H,7H2,1-3H3. The van der Waals surface area contributed by atoms with Crippen LogP contribution in [0.25, 0.3) is 0 Å². The Kier molecular flexibility index (Phi) is 1.76. The molecule has 1 heterocycles. The fourth-order valence-electron chi connectivity index (χ4n) is 1.75. The smallest absolute Gasteiger partial charge is 0.0698 e. The van der Waals surface area contributed by atoms with Crippen LogP contribution in [0.1, 0.15) is 31.9 Å². The summed E-state index contributed by atoms with van der Waals surface area (Å²) in [5, 5.41) is 0. The number of nitrogens with zero attached hydrogens (tertiary/aromatic N) is 1. The van der Waals surface area contributed by atoms with Crippen LogP contribution in [0.4, 0.5) is 5.69 Å². The maximum Gasteiger partial charge on any atom is 0.0698 e. The van der Waals surface area contributed by atoms with E-state index in [9.17, 15) is 0 Å². The molecule has 0 aromatic heterocycles. The molecular weight excluding hydrogens is 158 g/mol. The van der Waals surface area contributed by atoms with Crippen LogP contribution in [0.5, 0.6) is 0 Å². The van der Waals surface area contributed by atoms with E-state index in [1.54, 1.807) is 0 Å². The average molecular weight is 173 g/mol. The van der Waals surface area contributed by atoms with E-state index in [0.29, 0.717) is 0 Å². The Bertz CT molecular complexity index is 356. The number of hydrogen-bond donors (Lipinski definition) is 0. The number of fused-ring (bicyclic) bond motifs is 1. The van der Waals surface area contributed by atoms with Gasteiger partial charge in [-0.1, -0.05) is 39.0 Å². The Hall–Kier alpha value is -1.11. The quantitative estimate of drug-likeness (QED) is 0.571. The summed E-state index contributed by atoms with van der Waals surface area (Å²) in [6.45, 7) is 6.70. The zero-order valence-electron chi connectivity index (χ0n) is 8.46. The third kappa shape index (κ3) is 1.39. The van der Waals surface area contributed by atoms with Crippen molar-refractivity contribution in [3.63, 3.8) is 0 Å². The first-order chi connectivity index (χ1) is 6.09. The minimum absolute atomic E-state index is 0.201. The van der Waals surface area contributed by atoms with Crippen LogP contribution in [-0.2, 0) is 11.8 Å². The molecule has 1 aromatic rings. The van der Waals surface area contributed by atoms with Gasteiger partial charge in [-0.3, -0.25) is 4.99 Å². The van der Waals surface area contributed by atoms with Gasteiger partial charge in [0.25, 0.3) is 0 Å². The molecule has 1 aliphatic heterocycles. The van der Waals surface area contributed by atoms with E-state index in [-0.39, 0.29) is 5.41 Å². The highest BCUT2D eigenvalue weighted by atomic mass is 14.8. The first kappa shape index (κ1) is 8.49. The third-order valence-electron chi connectivity index (χ3n) is 2.46. The second kappa shape index (κ2) is 2.69. The highest BCUT2D eigenvalue weighted by Crippen LogP contribution is 2.36. The minimum atomic E-state index is 0.201. The fourth-order valence-corrected chi connectivity index (χ4v) is 1.75. The molecule has 0 atom stereocenters. The molecule has 13 heavy (non-hydrogen) atoms. The van der Waals surface area contributed by atoms with Gasteiger partial charge in [0.2, 0.25) is 0 Å². The molecule has 0 N–H and O–H groups in total. The van der Waals surface area contributed by atoms with Gasteiger partial charge >= 0.3 is 0 Å². The SMILES string of the molecule is CC(C)(C)c1cccc2c1N=CC2. The van der Waals surface area contributed by atoms with Gasteiger partial charge in [-0.05, 0) is 16.5 Å². The van der Waals surface area contributed by atoms with Gasteiger partial charge in [-0.15, -0.1) is 0 Å². The largest absolute Gasteiger partial charge is 0.260 e. The second-order valence-corrected chi connectivity index (χ2v) is 4.58. The monoisotopic (exact) mass is 173 g/mol. The van der Waals surface area contributed by atoms with Crippen molar-refractivity contribution in [2.45, 2.75) is 32.6 Å². The number of rotatable bonds is 0. The lowest BCUT2D eigenvalue weighted by molar-refractivity contribution is 0.591. The van der Waals surface area contributed by atoms with Crippen molar-refractivity contribution in [1.82, 2.24) is 0 Å². The summed E-state index contributed by atoms with van der Waals surface area (Å²) in [6, 6.07) is 6.48. The Morgan fingerprint density at radius 1 is 1.23 bits per heavy atom. The maximum atomic E-state index is 4.44. The number of benzene rings is 1. The summed E-state index contributed by atoms with van der Waals surface area (Å²) in [4.78, 5) is 4.44. The van der Waals surface area contributed by atoms with Gasteiger partial charge in [-0.2, -0.15) is 0 Å². The maximum absolute atomic E-state index is 4.44. The molecule has 1 aliphatic rings. The van der Waals surface area contributed by atoms with Gasteiger partial charge in [0, 0.05) is 12.6 Å². The Morgan fingerprint density at radius 3 is 2.69 bits per heavy atom. The van der Waals surface area contributed by atoms with Crippen molar-refractivity contribution in [2.75, 3.05) is 0 Å². The summed E-state index contributed by atoms with van der Waals surface area (Å²) < 4.78 is 0. The summed E-state index contributed by atoms with van der Waals surface area (Å²) in [6.07, 6.45) is 3.00. The molecular formula is C12H15N. The molecule has 0 amide bonds. The van der Waals surface area contributed by atoms with Crippen molar-refractivity contribution in [1.29, 1.82) is 0 Å². The molecule has 0 bridgehead atoms. The van der Waals surface area contributed by atoms with Crippen molar-refractivity contribution in [3.05, 3.63) is 29.3 Å². The Morgan fingerprint density at radius 2 is 2.00 bits per heavy atom. The molecule has 0 saturated carbocycles. The summed E-state index contributed by atoms with van der Waals surface area (Å²) >= 11 is 0. The van der Waals surface area contributed by atoms with E-state index in [1.165, 1.54) is 16.8 Å². The van der Waals surface area contributed by atoms with E-state index in [4.69, 9.17) is 0 Å². The summed E-state index contributed by atoms with van der Waals surface area (Å²) in [7, 11) is 0. The molecule has 1 aromatic carbocycles. The number of para-hydroxylation sites is 1. The Labute approximate surface area is 79.5 Å². The average Bonchev–Trinajstić information content (AvgIpc) is 2.48. The first-order valence-corrected chi connectivity index (χ1v) is 4.74. The van der Waals surface area contributed by atoms with Crippen molar-refractivity contribution >= 4 is 11.9 Å². The summed E-state index contributed by atoms with van der Waals surface area (Å²) in [5.74, 6) is 0. The number of aliphatic imine (C=N–C) groups is 1. The number of hydrogen-bond acceptors (Lipinski definition) is 1. The lowest BCUT2D eigenvalue weighted by Crippen LogP contribution is -2.11. The van der Waals surface area contributed by atoms with Crippen LogP contribution in [-0.4, -0.2) is 6.21 Å². The second-order valence-electron chi connectivity index (χ2n) is 4.58. The zero-order valence-corrected chi connectivity index (χ0v) is 8.46. The molecule has 1 nitrogen and oxygen atoms in total. The van der Waals surface area contributed by atoms with Crippen LogP contribution in [0.15, 0.2) is 23.2 Å². The van der Waals surface area contributed by atoms with Crippen molar-refractivity contribution in [2.24, 2.45) is 4.99 Å². The predicted octanol–water partition coefficient (Wildman–Crippen LogP) is 3.24. The zero-order chi connectivity index (χ0) is 9.47. The van der Waals surface area contributed by atoms with E-state index >= 15 is 0 Å². The van der Waals surface area contributed by atoms with Crippen LogP contribution in [0.2, 0.25) is 0 Å². The molecule has 0 radical (unpaired) electrons. The van der Waals surface area contributed by atoms with E-state index in [2.05, 4.69) is 44.0 Å². The molecule has 0 saturated heterocycles. The lowest BCUT2D eigenvalue weighted by atomic mass is 9.85. The van der Waals surface area contributed by atoms with E-state index in [1.807, 2.05) is 6.21 Å². The lowest BCUT2D eigenvalue weighted by Gasteiger charge is -2.21. The predicted molar refractivity (Wildman–Crippen MR) is 57.0 cm³/mol. The van der Waals surface area contributed by atoms with E-state index in [0.717, 1.165) is 6.42 Å². The van der Waals surface area contributed by atoms with Crippen molar-refractivity contribution in [3.8, 4) is 0 Å². The van der Waals surface area contributed by atoms with Crippen LogP contribution in [0, 0.1) is 0 Å². The minimum Gasteiger partial charge on any atom is -0.260 e. The van der Waals surface area contributed by atoms with Crippen LogP contribution in [0.3, 0.4) is 0 Å². The molecule has 68 valence electrons. The fraction of sp³-hybridized carbons (Fsp3) is 0.417. The van der Waals surface area contributed by atoms with Gasteiger partial charge in [0.1, 0.15) is 0 Å². The summed E-state index contributed by atoms with van der Waals surface area (Å²) in [5.41, 5.74) is 4.13. The van der Waals surface area contributed by atoms with Gasteiger partial charge in [0.05, 0.1) is 5.69 Å². The molecule has 2 rings (SSSR count). The molecule has 0 unspecified atom stereocenters.